The fourth-order valence-corrected chi connectivity index (χ4v) is 1.88. The quantitative estimate of drug-likeness (QED) is 0.270. The summed E-state index contributed by atoms with van der Waals surface area (Å²) in [5.41, 5.74) is 0. The van der Waals surface area contributed by atoms with E-state index in [1.165, 1.54) is 64.2 Å². The van der Waals surface area contributed by atoms with Crippen molar-refractivity contribution in [2.45, 2.75) is 84.5 Å². The monoisotopic (exact) mass is 236 g/mol. The molecular weight excluding hydrogens is 204 g/mol. The van der Waals surface area contributed by atoms with Crippen molar-refractivity contribution in [1.29, 1.82) is 0 Å². The minimum absolute atomic E-state index is 1.13. The third-order valence-corrected chi connectivity index (χ3v) is 3.05. The molecule has 0 saturated carbocycles. The van der Waals surface area contributed by atoms with Gasteiger partial charge in [0.1, 0.15) is 0 Å². The maximum Gasteiger partial charge on any atom is -0.0169 e. The largest absolute Gasteiger partial charge is 0.0882 e. The van der Waals surface area contributed by atoms with Crippen molar-refractivity contribution < 1.29 is 0 Å². The van der Waals surface area contributed by atoms with Crippen LogP contribution in [0.25, 0.3) is 0 Å². The molecule has 0 fully saturated rings. The van der Waals surface area contributed by atoms with Crippen molar-refractivity contribution in [3.8, 4) is 0 Å². The molecule has 0 saturated heterocycles. The minimum Gasteiger partial charge on any atom is -0.0882 e. The first kappa shape index (κ1) is 16.5. The molecule has 0 N–H and O–H groups in total. The molecular formula is C17H32. The third-order valence-electron chi connectivity index (χ3n) is 3.05. The molecule has 0 nitrogen and oxygen atoms in total. The van der Waals surface area contributed by atoms with Crippen LogP contribution >= 0.6 is 0 Å². The molecule has 0 amide bonds. The average Bonchev–Trinajstić information content (AvgIpc) is 2.35. The zero-order chi connectivity index (χ0) is 12.6. The Balaban J connectivity index is 3.14. The molecule has 17 heavy (non-hydrogen) atoms. The molecule has 0 heterocycles. The molecule has 0 atom stereocenters. The predicted molar refractivity (Wildman–Crippen MR) is 80.4 cm³/mol. The van der Waals surface area contributed by atoms with Crippen LogP contribution in [0.3, 0.4) is 0 Å². The summed E-state index contributed by atoms with van der Waals surface area (Å²) in [6, 6.07) is 0. The van der Waals surface area contributed by atoms with Crippen LogP contribution in [0.15, 0.2) is 24.3 Å². The average molecular weight is 236 g/mol. The van der Waals surface area contributed by atoms with E-state index in [0.29, 0.717) is 0 Å². The molecule has 0 aliphatic heterocycles. The van der Waals surface area contributed by atoms with Crippen LogP contribution < -0.4 is 0 Å². The lowest BCUT2D eigenvalue weighted by Crippen LogP contribution is -1.74. The zero-order valence-corrected chi connectivity index (χ0v) is 12.1. The zero-order valence-electron chi connectivity index (χ0n) is 12.1. The fraction of sp³-hybridized carbons (Fsp3) is 0.765. The number of hydrogen-bond donors (Lipinski definition) is 0. The molecule has 0 radical (unpaired) electrons. The van der Waals surface area contributed by atoms with Crippen molar-refractivity contribution in [2.75, 3.05) is 0 Å². The highest BCUT2D eigenvalue weighted by Gasteiger charge is 1.85. The van der Waals surface area contributed by atoms with Crippen LogP contribution in [0, 0.1) is 0 Å². The molecule has 0 aromatic heterocycles. The first-order valence-electron chi connectivity index (χ1n) is 7.71. The van der Waals surface area contributed by atoms with Gasteiger partial charge in [-0.2, -0.15) is 0 Å². The van der Waals surface area contributed by atoms with Crippen LogP contribution in [0.4, 0.5) is 0 Å². The van der Waals surface area contributed by atoms with Gasteiger partial charge in [-0.1, -0.05) is 76.7 Å². The maximum absolute atomic E-state index is 2.34. The van der Waals surface area contributed by atoms with E-state index in [2.05, 4.69) is 38.2 Å². The lowest BCUT2D eigenvalue weighted by atomic mass is 10.1. The SMILES string of the molecule is CCCCCC/C=C\C/C=C\CCCCCC. The number of allylic oxidation sites excluding steroid dienone is 4. The van der Waals surface area contributed by atoms with Crippen molar-refractivity contribution in [3.63, 3.8) is 0 Å². The Labute approximate surface area is 109 Å². The first-order valence-corrected chi connectivity index (χ1v) is 7.71. The highest BCUT2D eigenvalue weighted by molar-refractivity contribution is 4.92. The predicted octanol–water partition coefficient (Wildman–Crippen LogP) is 6.43. The van der Waals surface area contributed by atoms with Crippen molar-refractivity contribution in [1.82, 2.24) is 0 Å². The molecule has 0 aromatic rings. The van der Waals surface area contributed by atoms with E-state index >= 15 is 0 Å². The molecule has 0 bridgehead atoms. The fourth-order valence-electron chi connectivity index (χ4n) is 1.88. The standard InChI is InChI=1S/C17H32/c1-3-5-7-9-11-13-15-17-16-14-12-10-8-6-4-2/h13-16H,3-12,17H2,1-2H3/b15-13-,16-14-. The van der Waals surface area contributed by atoms with Crippen molar-refractivity contribution in [2.24, 2.45) is 0 Å². The smallest absolute Gasteiger partial charge is 0.0169 e. The molecule has 0 aromatic carbocycles. The van der Waals surface area contributed by atoms with E-state index in [9.17, 15) is 0 Å². The lowest BCUT2D eigenvalue weighted by molar-refractivity contribution is 0.673. The summed E-state index contributed by atoms with van der Waals surface area (Å²) in [6.07, 6.45) is 24.0. The van der Waals surface area contributed by atoms with Crippen molar-refractivity contribution >= 4 is 0 Å². The van der Waals surface area contributed by atoms with E-state index in [1.54, 1.807) is 0 Å². The summed E-state index contributed by atoms with van der Waals surface area (Å²) in [6.45, 7) is 4.53. The van der Waals surface area contributed by atoms with Gasteiger partial charge in [0.2, 0.25) is 0 Å². The van der Waals surface area contributed by atoms with E-state index in [1.807, 2.05) is 0 Å². The number of hydrogen-bond acceptors (Lipinski definition) is 0. The second kappa shape index (κ2) is 15.5. The Kier molecular flexibility index (Phi) is 15.0. The van der Waals surface area contributed by atoms with Gasteiger partial charge in [-0.3, -0.25) is 0 Å². The second-order valence-electron chi connectivity index (χ2n) is 4.88. The van der Waals surface area contributed by atoms with Gasteiger partial charge in [0.05, 0.1) is 0 Å². The van der Waals surface area contributed by atoms with Gasteiger partial charge < -0.3 is 0 Å². The van der Waals surface area contributed by atoms with Crippen LogP contribution in [0.1, 0.15) is 84.5 Å². The Morgan fingerprint density at radius 2 is 1.00 bits per heavy atom. The first-order chi connectivity index (χ1) is 8.41. The lowest BCUT2D eigenvalue weighted by Gasteiger charge is -1.94. The summed E-state index contributed by atoms with van der Waals surface area (Å²) in [4.78, 5) is 0. The van der Waals surface area contributed by atoms with Crippen molar-refractivity contribution in [3.05, 3.63) is 24.3 Å². The Morgan fingerprint density at radius 3 is 1.41 bits per heavy atom. The topological polar surface area (TPSA) is 0 Å². The van der Waals surface area contributed by atoms with E-state index in [0.717, 1.165) is 6.42 Å². The van der Waals surface area contributed by atoms with E-state index in [4.69, 9.17) is 0 Å². The molecule has 0 aliphatic rings. The van der Waals surface area contributed by atoms with Gasteiger partial charge in [-0.05, 0) is 32.1 Å². The molecule has 0 unspecified atom stereocenters. The van der Waals surface area contributed by atoms with Gasteiger partial charge >= 0.3 is 0 Å². The second-order valence-corrected chi connectivity index (χ2v) is 4.88. The molecule has 0 rings (SSSR count). The van der Waals surface area contributed by atoms with E-state index in [-0.39, 0.29) is 0 Å². The summed E-state index contributed by atoms with van der Waals surface area (Å²) in [5, 5.41) is 0. The van der Waals surface area contributed by atoms with Gasteiger partial charge in [0.15, 0.2) is 0 Å². The highest BCUT2D eigenvalue weighted by Crippen LogP contribution is 2.05. The van der Waals surface area contributed by atoms with Crippen LogP contribution in [-0.2, 0) is 0 Å². The van der Waals surface area contributed by atoms with Crippen LogP contribution in [0.2, 0.25) is 0 Å². The molecule has 0 aliphatic carbocycles. The van der Waals surface area contributed by atoms with Gasteiger partial charge in [0.25, 0.3) is 0 Å². The van der Waals surface area contributed by atoms with E-state index < -0.39 is 0 Å². The van der Waals surface area contributed by atoms with Crippen LogP contribution in [0.5, 0.6) is 0 Å². The normalized spacial score (nSPS) is 11.9. The Hall–Kier alpha value is -0.520. The Bertz CT molecular complexity index is 156. The Morgan fingerprint density at radius 1 is 0.529 bits per heavy atom. The third kappa shape index (κ3) is 15.5. The summed E-state index contributed by atoms with van der Waals surface area (Å²) in [7, 11) is 0. The molecule has 0 spiro atoms. The number of unbranched alkanes of at least 4 members (excludes halogenated alkanes) is 8. The molecule has 100 valence electrons. The van der Waals surface area contributed by atoms with Gasteiger partial charge in [-0.25, -0.2) is 0 Å². The number of rotatable bonds is 12. The van der Waals surface area contributed by atoms with Gasteiger partial charge in [0, 0.05) is 0 Å². The maximum atomic E-state index is 2.34. The summed E-state index contributed by atoms with van der Waals surface area (Å²) < 4.78 is 0. The summed E-state index contributed by atoms with van der Waals surface area (Å²) >= 11 is 0. The van der Waals surface area contributed by atoms with Crippen LogP contribution in [-0.4, -0.2) is 0 Å². The minimum atomic E-state index is 1.13. The van der Waals surface area contributed by atoms with Gasteiger partial charge in [-0.15, -0.1) is 0 Å². The summed E-state index contributed by atoms with van der Waals surface area (Å²) in [5.74, 6) is 0. The molecule has 0 heteroatoms. The highest BCUT2D eigenvalue weighted by atomic mass is 13.9.